The summed E-state index contributed by atoms with van der Waals surface area (Å²) in [5, 5.41) is 24.0. The number of aromatic amines is 1. The van der Waals surface area contributed by atoms with Crippen LogP contribution in [-0.2, 0) is 4.74 Å². The average Bonchev–Trinajstić information content (AvgIpc) is 3.62. The number of carbonyl (C=O) groups is 1. The van der Waals surface area contributed by atoms with E-state index in [4.69, 9.17) is 28.9 Å². The maximum absolute atomic E-state index is 15.3. The van der Waals surface area contributed by atoms with E-state index in [0.717, 1.165) is 12.3 Å². The molecule has 3 N–H and O–H groups in total. The summed E-state index contributed by atoms with van der Waals surface area (Å²) in [5.41, 5.74) is 6.05. The van der Waals surface area contributed by atoms with Gasteiger partial charge in [0, 0.05) is 24.2 Å². The molecule has 3 heterocycles. The third-order valence-electron chi connectivity index (χ3n) is 6.53. The largest absolute Gasteiger partial charge is 0.618 e. The molecular formula is C27H20Cl2F4N7O3+. The van der Waals surface area contributed by atoms with Gasteiger partial charge in [-0.2, -0.15) is 18.6 Å². The van der Waals surface area contributed by atoms with Gasteiger partial charge in [-0.15, -0.1) is 4.68 Å². The maximum Gasteiger partial charge on any atom is 0.345 e. The minimum Gasteiger partial charge on any atom is -0.618 e. The number of carbonyl (C=O) groups excluding carboxylic acids is 1. The van der Waals surface area contributed by atoms with E-state index in [2.05, 4.69) is 20.1 Å². The van der Waals surface area contributed by atoms with Crippen LogP contribution in [0, 0.1) is 16.8 Å². The molecule has 3 aromatic heterocycles. The van der Waals surface area contributed by atoms with Crippen molar-refractivity contribution in [1.29, 1.82) is 0 Å². The highest BCUT2D eigenvalue weighted by Crippen LogP contribution is 2.32. The molecule has 0 unspecified atom stereocenters. The SMILES string of the molecule is NC(=O)c1ccc(-c2cnn([C@@H](CCOC(F)F)c3ccc(-c4c(-[n+]5cc(Cl)n[nH]5)ccc(Cl)c4F)c[n+]3[O-])c2)cc1F. The summed E-state index contributed by atoms with van der Waals surface area (Å²) < 4.78 is 62.8. The standard InChI is InChI=1S/C27H19Cl2F4N7O3/c28-18-4-6-22(39-13-23(29)36-37-39)24(25(18)31)15-2-5-21(40(42)12-15)20(7-8-43-27(32)33)38-11-16(10-35-38)14-1-3-17(26(34)41)19(30)9-14/h1-6,9-13,20,27H,7-8H2,(H2,34,41)/p+1/t20-/m0/s1. The van der Waals surface area contributed by atoms with E-state index in [1.165, 1.54) is 64.4 Å². The van der Waals surface area contributed by atoms with Gasteiger partial charge in [-0.3, -0.25) is 9.48 Å². The Balaban J connectivity index is 1.54. The Bertz CT molecular complexity index is 1820. The van der Waals surface area contributed by atoms with Crippen LogP contribution in [0.2, 0.25) is 10.2 Å². The molecule has 0 bridgehead atoms. The lowest BCUT2D eigenvalue weighted by molar-refractivity contribution is -0.659. The van der Waals surface area contributed by atoms with Crippen molar-refractivity contribution >= 4 is 29.1 Å². The fourth-order valence-corrected chi connectivity index (χ4v) is 4.83. The number of alkyl halides is 2. The van der Waals surface area contributed by atoms with E-state index >= 15 is 4.39 Å². The summed E-state index contributed by atoms with van der Waals surface area (Å²) in [6, 6.07) is 8.55. The molecular weight excluding hydrogens is 617 g/mol. The Labute approximate surface area is 250 Å². The molecule has 0 saturated carbocycles. The summed E-state index contributed by atoms with van der Waals surface area (Å²) >= 11 is 12.0. The molecule has 0 aliphatic heterocycles. The van der Waals surface area contributed by atoms with Crippen LogP contribution in [0.25, 0.3) is 27.9 Å². The third-order valence-corrected chi connectivity index (χ3v) is 7.00. The van der Waals surface area contributed by atoms with E-state index in [1.807, 2.05) is 0 Å². The van der Waals surface area contributed by atoms with Gasteiger partial charge in [-0.05, 0) is 47.5 Å². The monoisotopic (exact) mass is 636 g/mol. The molecule has 16 heteroatoms. The van der Waals surface area contributed by atoms with Gasteiger partial charge in [0.1, 0.15) is 11.9 Å². The molecule has 5 rings (SSSR count). The molecule has 2 aromatic carbocycles. The van der Waals surface area contributed by atoms with Crippen LogP contribution in [0.4, 0.5) is 17.6 Å². The molecule has 43 heavy (non-hydrogen) atoms. The van der Waals surface area contributed by atoms with E-state index in [0.29, 0.717) is 15.9 Å². The van der Waals surface area contributed by atoms with Crippen molar-refractivity contribution in [3.05, 3.63) is 106 Å². The first-order chi connectivity index (χ1) is 20.5. The molecule has 10 nitrogen and oxygen atoms in total. The molecule has 0 aliphatic carbocycles. The Morgan fingerprint density at radius 3 is 2.51 bits per heavy atom. The van der Waals surface area contributed by atoms with Crippen molar-refractivity contribution in [3.63, 3.8) is 0 Å². The Morgan fingerprint density at radius 2 is 1.86 bits per heavy atom. The number of hydrogen-bond donors (Lipinski definition) is 2. The maximum atomic E-state index is 15.3. The zero-order valence-corrected chi connectivity index (χ0v) is 23.2. The van der Waals surface area contributed by atoms with Crippen LogP contribution in [0.15, 0.2) is 67.3 Å². The van der Waals surface area contributed by atoms with Crippen LogP contribution in [0.1, 0.15) is 28.5 Å². The average molecular weight is 637 g/mol. The number of primary amides is 1. The molecule has 0 radical (unpaired) electrons. The fraction of sp³-hybridized carbons (Fsp3) is 0.148. The highest BCUT2D eigenvalue weighted by atomic mass is 35.5. The van der Waals surface area contributed by atoms with Crippen molar-refractivity contribution in [2.75, 3.05) is 6.61 Å². The smallest absolute Gasteiger partial charge is 0.345 e. The van der Waals surface area contributed by atoms with Gasteiger partial charge in [-0.25, -0.2) is 8.78 Å². The third kappa shape index (κ3) is 6.30. The highest BCUT2D eigenvalue weighted by molar-refractivity contribution is 6.31. The molecule has 0 spiro atoms. The normalized spacial score (nSPS) is 12.2. The quantitative estimate of drug-likeness (QED) is 0.130. The summed E-state index contributed by atoms with van der Waals surface area (Å²) in [6.45, 7) is -3.48. The summed E-state index contributed by atoms with van der Waals surface area (Å²) in [6.07, 6.45) is 5.25. The Kier molecular flexibility index (Phi) is 8.62. The van der Waals surface area contributed by atoms with Gasteiger partial charge in [0.25, 0.3) is 5.91 Å². The second kappa shape index (κ2) is 12.4. The first kappa shape index (κ1) is 29.9. The number of nitrogens with two attached hydrogens (primary N) is 1. The molecule has 1 amide bonds. The number of nitrogens with zero attached hydrogens (tertiary/aromatic N) is 5. The fourth-order valence-electron chi connectivity index (χ4n) is 4.54. The lowest BCUT2D eigenvalue weighted by Gasteiger charge is -2.18. The lowest BCUT2D eigenvalue weighted by atomic mass is 10.0. The number of pyridine rings is 1. The Morgan fingerprint density at radius 1 is 1.09 bits per heavy atom. The number of rotatable bonds is 10. The number of halogens is 6. The van der Waals surface area contributed by atoms with Gasteiger partial charge in [0.05, 0.1) is 39.6 Å². The van der Waals surface area contributed by atoms with E-state index < -0.39 is 36.8 Å². The summed E-state index contributed by atoms with van der Waals surface area (Å²) in [4.78, 5) is 11.4. The Hall–Kier alpha value is -4.53. The first-order valence-electron chi connectivity index (χ1n) is 12.4. The van der Waals surface area contributed by atoms with Crippen LogP contribution in [0.5, 0.6) is 0 Å². The zero-order valence-electron chi connectivity index (χ0n) is 21.7. The van der Waals surface area contributed by atoms with E-state index in [1.54, 1.807) is 0 Å². The predicted molar refractivity (Wildman–Crippen MR) is 145 cm³/mol. The number of aromatic nitrogens is 6. The van der Waals surface area contributed by atoms with Crippen LogP contribution in [-0.4, -0.2) is 39.2 Å². The van der Waals surface area contributed by atoms with Gasteiger partial charge in [-0.1, -0.05) is 22.9 Å². The first-order valence-corrected chi connectivity index (χ1v) is 13.2. The molecule has 1 atom stereocenters. The summed E-state index contributed by atoms with van der Waals surface area (Å²) in [7, 11) is 0. The van der Waals surface area contributed by atoms with Crippen molar-refractivity contribution in [2.45, 2.75) is 19.1 Å². The molecule has 0 saturated heterocycles. The number of benzene rings is 2. The number of nitrogens with one attached hydrogen (secondary N) is 1. The lowest BCUT2D eigenvalue weighted by Crippen LogP contribution is -2.36. The summed E-state index contributed by atoms with van der Waals surface area (Å²) in [5.74, 6) is -2.58. The van der Waals surface area contributed by atoms with Gasteiger partial charge in [0.15, 0.2) is 23.9 Å². The zero-order chi connectivity index (χ0) is 30.8. The minimum atomic E-state index is -3.04. The van der Waals surface area contributed by atoms with Gasteiger partial charge < -0.3 is 15.7 Å². The number of H-pyrrole nitrogens is 1. The van der Waals surface area contributed by atoms with Crippen molar-refractivity contribution in [2.24, 2.45) is 5.73 Å². The molecule has 5 aromatic rings. The van der Waals surface area contributed by atoms with Crippen LogP contribution in [0.3, 0.4) is 0 Å². The predicted octanol–water partition coefficient (Wildman–Crippen LogP) is 4.75. The van der Waals surface area contributed by atoms with Gasteiger partial charge >= 0.3 is 11.8 Å². The molecule has 0 aliphatic rings. The number of ether oxygens (including phenoxy) is 1. The van der Waals surface area contributed by atoms with Gasteiger partial charge in [0.2, 0.25) is 5.69 Å². The number of amides is 1. The minimum absolute atomic E-state index is 0.0330. The van der Waals surface area contributed by atoms with E-state index in [-0.39, 0.29) is 44.7 Å². The molecule has 222 valence electrons. The molecule has 0 fully saturated rings. The van der Waals surface area contributed by atoms with E-state index in [9.17, 15) is 23.2 Å². The van der Waals surface area contributed by atoms with Crippen molar-refractivity contribution in [3.8, 4) is 27.9 Å². The topological polar surface area (TPSA) is 130 Å². The second-order valence-corrected chi connectivity index (χ2v) is 9.96. The van der Waals surface area contributed by atoms with Crippen molar-refractivity contribution < 1.29 is 36.5 Å². The number of hydrogen-bond acceptors (Lipinski definition) is 5. The van der Waals surface area contributed by atoms with Crippen LogP contribution >= 0.6 is 23.2 Å². The highest BCUT2D eigenvalue weighted by Gasteiger charge is 2.27. The van der Waals surface area contributed by atoms with Crippen molar-refractivity contribution in [1.82, 2.24) is 20.1 Å². The second-order valence-electron chi connectivity index (χ2n) is 9.16. The van der Waals surface area contributed by atoms with Crippen LogP contribution < -0.4 is 15.1 Å².